The zero-order valence-corrected chi connectivity index (χ0v) is 11.4. The number of nitro benzene ring substituents is 1. The zero-order valence-electron chi connectivity index (χ0n) is 10.6. The summed E-state index contributed by atoms with van der Waals surface area (Å²) < 4.78 is 23.4. The highest BCUT2D eigenvalue weighted by atomic mass is 32.2. The summed E-state index contributed by atoms with van der Waals surface area (Å²) in [5.74, 6) is 0.512. The molecular weight excluding hydrogens is 268 g/mol. The van der Waals surface area contributed by atoms with Gasteiger partial charge in [-0.05, 0) is 30.9 Å². The van der Waals surface area contributed by atoms with E-state index in [9.17, 15) is 18.5 Å². The molecule has 0 aliphatic heterocycles. The molecule has 0 atom stereocenters. The molecule has 0 radical (unpaired) electrons. The number of benzene rings is 1. The Morgan fingerprint density at radius 3 is 2.63 bits per heavy atom. The van der Waals surface area contributed by atoms with Crippen molar-refractivity contribution in [2.45, 2.75) is 24.7 Å². The van der Waals surface area contributed by atoms with E-state index < -0.39 is 14.8 Å². The van der Waals surface area contributed by atoms with Gasteiger partial charge in [0.2, 0.25) is 0 Å². The fraction of sp³-hybridized carbons (Fsp3) is 0.500. The number of nitrogens with zero attached hydrogens (tertiary/aromatic N) is 1. The van der Waals surface area contributed by atoms with E-state index in [2.05, 4.69) is 5.32 Å². The minimum absolute atomic E-state index is 0.00123. The van der Waals surface area contributed by atoms with Crippen LogP contribution in [0.2, 0.25) is 0 Å². The lowest BCUT2D eigenvalue weighted by atomic mass is 10.2. The summed E-state index contributed by atoms with van der Waals surface area (Å²) in [5.41, 5.74) is 0.196. The molecule has 0 saturated heterocycles. The van der Waals surface area contributed by atoms with Crippen LogP contribution >= 0.6 is 0 Å². The van der Waals surface area contributed by atoms with E-state index in [-0.39, 0.29) is 16.3 Å². The first-order chi connectivity index (χ1) is 8.94. The van der Waals surface area contributed by atoms with Crippen LogP contribution < -0.4 is 5.32 Å². The first-order valence-electron chi connectivity index (χ1n) is 6.19. The summed E-state index contributed by atoms with van der Waals surface area (Å²) in [5, 5.41) is 14.0. The highest BCUT2D eigenvalue weighted by molar-refractivity contribution is 7.91. The highest BCUT2D eigenvalue weighted by Crippen LogP contribution is 2.32. The molecule has 7 heteroatoms. The Kier molecular flexibility index (Phi) is 3.75. The lowest BCUT2D eigenvalue weighted by Gasteiger charge is -2.08. The van der Waals surface area contributed by atoms with E-state index in [1.54, 1.807) is 0 Å². The molecule has 1 saturated carbocycles. The molecule has 0 amide bonds. The van der Waals surface area contributed by atoms with Gasteiger partial charge in [0.1, 0.15) is 5.69 Å². The Balaban J connectivity index is 2.31. The highest BCUT2D eigenvalue weighted by Gasteiger charge is 2.24. The maximum absolute atomic E-state index is 11.7. The molecule has 0 unspecified atom stereocenters. The molecule has 104 valence electrons. The third-order valence-electron chi connectivity index (χ3n) is 3.18. The normalized spacial score (nSPS) is 15.2. The third-order valence-corrected chi connectivity index (χ3v) is 4.92. The average Bonchev–Trinajstić information content (AvgIpc) is 3.20. The fourth-order valence-electron chi connectivity index (χ4n) is 1.75. The molecule has 1 aliphatic rings. The van der Waals surface area contributed by atoms with Gasteiger partial charge < -0.3 is 5.32 Å². The molecule has 0 spiro atoms. The van der Waals surface area contributed by atoms with Crippen molar-refractivity contribution in [3.63, 3.8) is 0 Å². The Labute approximate surface area is 111 Å². The van der Waals surface area contributed by atoms with Crippen molar-refractivity contribution in [2.75, 3.05) is 17.6 Å². The van der Waals surface area contributed by atoms with Crippen LogP contribution in [0.25, 0.3) is 0 Å². The Morgan fingerprint density at radius 2 is 2.11 bits per heavy atom. The first kappa shape index (κ1) is 13.8. The van der Waals surface area contributed by atoms with Gasteiger partial charge in [-0.25, -0.2) is 8.42 Å². The van der Waals surface area contributed by atoms with Gasteiger partial charge in [-0.3, -0.25) is 10.1 Å². The SMILES string of the molecule is CCS(=O)(=O)c1ccc(NCC2CC2)c([N+](=O)[O-])c1. The smallest absolute Gasteiger partial charge is 0.293 e. The summed E-state index contributed by atoms with van der Waals surface area (Å²) >= 11 is 0. The van der Waals surface area contributed by atoms with Gasteiger partial charge in [-0.15, -0.1) is 0 Å². The number of rotatable bonds is 6. The van der Waals surface area contributed by atoms with Gasteiger partial charge in [0, 0.05) is 12.6 Å². The van der Waals surface area contributed by atoms with Crippen molar-refractivity contribution in [3.8, 4) is 0 Å². The Morgan fingerprint density at radius 1 is 1.42 bits per heavy atom. The summed E-state index contributed by atoms with van der Waals surface area (Å²) in [6.07, 6.45) is 2.28. The fourth-order valence-corrected chi connectivity index (χ4v) is 2.65. The van der Waals surface area contributed by atoms with Crippen molar-refractivity contribution in [2.24, 2.45) is 5.92 Å². The second-order valence-electron chi connectivity index (χ2n) is 4.66. The molecule has 6 nitrogen and oxygen atoms in total. The van der Waals surface area contributed by atoms with Gasteiger partial charge in [0.05, 0.1) is 15.6 Å². The monoisotopic (exact) mass is 284 g/mol. The lowest BCUT2D eigenvalue weighted by molar-refractivity contribution is -0.384. The molecular formula is C12H16N2O4S. The van der Waals surface area contributed by atoms with Crippen molar-refractivity contribution in [3.05, 3.63) is 28.3 Å². The first-order valence-corrected chi connectivity index (χ1v) is 7.84. The number of nitro groups is 1. The number of nitrogens with one attached hydrogen (secondary N) is 1. The van der Waals surface area contributed by atoms with E-state index in [0.717, 1.165) is 18.9 Å². The Hall–Kier alpha value is -1.63. The van der Waals surface area contributed by atoms with E-state index in [1.807, 2.05) is 0 Å². The molecule has 1 fully saturated rings. The van der Waals surface area contributed by atoms with Crippen LogP contribution in [-0.4, -0.2) is 25.6 Å². The largest absolute Gasteiger partial charge is 0.379 e. The quantitative estimate of drug-likeness (QED) is 0.639. The number of sulfone groups is 1. The number of hydrogen-bond acceptors (Lipinski definition) is 5. The van der Waals surface area contributed by atoms with Gasteiger partial charge in [-0.1, -0.05) is 6.92 Å². The van der Waals surface area contributed by atoms with Crippen LogP contribution in [0.1, 0.15) is 19.8 Å². The van der Waals surface area contributed by atoms with E-state index in [4.69, 9.17) is 0 Å². The summed E-state index contributed by atoms with van der Waals surface area (Å²) in [6.45, 7) is 2.21. The van der Waals surface area contributed by atoms with Crippen LogP contribution in [0.15, 0.2) is 23.1 Å². The molecule has 2 rings (SSSR count). The van der Waals surface area contributed by atoms with E-state index in [0.29, 0.717) is 18.2 Å². The second-order valence-corrected chi connectivity index (χ2v) is 6.94. The van der Waals surface area contributed by atoms with Crippen LogP contribution in [0.3, 0.4) is 0 Å². The molecule has 19 heavy (non-hydrogen) atoms. The molecule has 1 N–H and O–H groups in total. The molecule has 0 aromatic heterocycles. The van der Waals surface area contributed by atoms with Crippen LogP contribution in [0.5, 0.6) is 0 Å². The van der Waals surface area contributed by atoms with Crippen molar-refractivity contribution >= 4 is 21.2 Å². The van der Waals surface area contributed by atoms with Gasteiger partial charge >= 0.3 is 0 Å². The minimum atomic E-state index is -3.42. The lowest BCUT2D eigenvalue weighted by Crippen LogP contribution is -2.08. The predicted molar refractivity (Wildman–Crippen MR) is 72.0 cm³/mol. The van der Waals surface area contributed by atoms with E-state index >= 15 is 0 Å². The second kappa shape index (κ2) is 5.16. The topological polar surface area (TPSA) is 89.3 Å². The standard InChI is InChI=1S/C12H16N2O4S/c1-2-19(17,18)10-5-6-11(12(7-10)14(15)16)13-8-9-3-4-9/h5-7,9,13H,2-4,8H2,1H3. The third kappa shape index (κ3) is 3.23. The average molecular weight is 284 g/mol. The van der Waals surface area contributed by atoms with Crippen molar-refractivity contribution in [1.29, 1.82) is 0 Å². The zero-order chi connectivity index (χ0) is 14.0. The molecule has 1 aromatic carbocycles. The van der Waals surface area contributed by atoms with Crippen LogP contribution in [0.4, 0.5) is 11.4 Å². The summed E-state index contributed by atoms with van der Waals surface area (Å²) in [4.78, 5) is 10.5. The van der Waals surface area contributed by atoms with Crippen molar-refractivity contribution < 1.29 is 13.3 Å². The van der Waals surface area contributed by atoms with Gasteiger partial charge in [0.25, 0.3) is 5.69 Å². The molecule has 0 heterocycles. The van der Waals surface area contributed by atoms with Gasteiger partial charge in [-0.2, -0.15) is 0 Å². The number of hydrogen-bond donors (Lipinski definition) is 1. The van der Waals surface area contributed by atoms with Gasteiger partial charge in [0.15, 0.2) is 9.84 Å². The maximum Gasteiger partial charge on any atom is 0.293 e. The molecule has 1 aliphatic carbocycles. The van der Waals surface area contributed by atoms with E-state index in [1.165, 1.54) is 19.1 Å². The van der Waals surface area contributed by atoms with Crippen LogP contribution in [0, 0.1) is 16.0 Å². The Bertz CT molecular complexity index is 594. The predicted octanol–water partition coefficient (Wildman–Crippen LogP) is 2.21. The molecule has 1 aromatic rings. The minimum Gasteiger partial charge on any atom is -0.379 e. The summed E-state index contributed by atoms with van der Waals surface area (Å²) in [7, 11) is -3.42. The van der Waals surface area contributed by atoms with Crippen LogP contribution in [-0.2, 0) is 9.84 Å². The molecule has 0 bridgehead atoms. The maximum atomic E-state index is 11.7. The summed E-state index contributed by atoms with van der Waals surface area (Å²) in [6, 6.07) is 4.03. The van der Waals surface area contributed by atoms with Crippen molar-refractivity contribution in [1.82, 2.24) is 0 Å². The number of anilines is 1.